The molecule has 3 rings (SSSR count). The summed E-state index contributed by atoms with van der Waals surface area (Å²) >= 11 is 0. The van der Waals surface area contributed by atoms with Crippen molar-refractivity contribution in [3.05, 3.63) is 65.0 Å². The molecule has 2 aromatic rings. The molecule has 0 aliphatic heterocycles. The lowest BCUT2D eigenvalue weighted by Gasteiger charge is -2.20. The molecule has 0 saturated heterocycles. The van der Waals surface area contributed by atoms with Crippen molar-refractivity contribution in [3.63, 3.8) is 0 Å². The molecule has 0 amide bonds. The van der Waals surface area contributed by atoms with Crippen LogP contribution in [0.3, 0.4) is 0 Å². The minimum Gasteiger partial charge on any atom is -0.497 e. The summed E-state index contributed by atoms with van der Waals surface area (Å²) < 4.78 is 24.8. The van der Waals surface area contributed by atoms with Crippen LogP contribution in [0, 0.1) is 0 Å². The number of aryl methyl sites for hydroxylation is 1. The van der Waals surface area contributed by atoms with Crippen LogP contribution in [0.15, 0.2) is 48.3 Å². The van der Waals surface area contributed by atoms with Crippen LogP contribution in [-0.2, 0) is 6.42 Å². The number of allylic oxidation sites excluding steroid dienone is 1. The lowest BCUT2D eigenvalue weighted by Crippen LogP contribution is -2.04. The van der Waals surface area contributed by atoms with E-state index in [4.69, 9.17) is 9.47 Å². The van der Waals surface area contributed by atoms with Crippen LogP contribution in [0.1, 0.15) is 23.1 Å². The maximum Gasteiger partial charge on any atom is 0.119 e. The summed E-state index contributed by atoms with van der Waals surface area (Å²) in [7, 11) is 3.27. The lowest BCUT2D eigenvalue weighted by atomic mass is 9.86. The highest BCUT2D eigenvalue weighted by Gasteiger charge is 2.21. The summed E-state index contributed by atoms with van der Waals surface area (Å²) in [6.07, 6.45) is 1.14. The molecule has 0 bridgehead atoms. The zero-order valence-corrected chi connectivity index (χ0v) is 12.2. The van der Waals surface area contributed by atoms with E-state index in [2.05, 4.69) is 0 Å². The van der Waals surface area contributed by atoms with Crippen molar-refractivity contribution >= 4 is 5.57 Å². The molecule has 0 heterocycles. The molecule has 0 spiro atoms. The highest BCUT2D eigenvalue weighted by molar-refractivity contribution is 5.84. The first-order chi connectivity index (χ1) is 10.2. The number of rotatable bonds is 3. The Morgan fingerprint density at radius 2 is 1.52 bits per heavy atom. The summed E-state index contributed by atoms with van der Waals surface area (Å²) in [6.45, 7) is 0. The zero-order chi connectivity index (χ0) is 14.8. The number of benzene rings is 2. The minimum absolute atomic E-state index is 0.0576. The Morgan fingerprint density at radius 3 is 2.19 bits per heavy atom. The van der Waals surface area contributed by atoms with Crippen LogP contribution >= 0.6 is 0 Å². The van der Waals surface area contributed by atoms with E-state index in [0.717, 1.165) is 28.2 Å². The van der Waals surface area contributed by atoms with Crippen molar-refractivity contribution in [1.29, 1.82) is 0 Å². The van der Waals surface area contributed by atoms with Crippen LogP contribution in [0.5, 0.6) is 11.5 Å². The summed E-state index contributed by atoms with van der Waals surface area (Å²) in [5, 5.41) is 0. The molecule has 0 atom stereocenters. The van der Waals surface area contributed by atoms with Gasteiger partial charge in [-0.15, -0.1) is 0 Å². The number of hydrogen-bond acceptors (Lipinski definition) is 2. The van der Waals surface area contributed by atoms with Gasteiger partial charge in [0.2, 0.25) is 0 Å². The molecule has 21 heavy (non-hydrogen) atoms. The van der Waals surface area contributed by atoms with Gasteiger partial charge in [0.25, 0.3) is 0 Å². The van der Waals surface area contributed by atoms with Gasteiger partial charge in [0.05, 0.1) is 14.2 Å². The number of methoxy groups -OCH3 is 2. The van der Waals surface area contributed by atoms with Gasteiger partial charge in [-0.2, -0.15) is 0 Å². The van der Waals surface area contributed by atoms with E-state index in [-0.39, 0.29) is 5.83 Å². The Hall–Kier alpha value is -2.29. The molecular formula is C18H17FO2. The van der Waals surface area contributed by atoms with Crippen molar-refractivity contribution in [2.75, 3.05) is 14.2 Å². The number of halogens is 1. The van der Waals surface area contributed by atoms with E-state index < -0.39 is 0 Å². The summed E-state index contributed by atoms with van der Waals surface area (Å²) in [5.41, 5.74) is 3.63. The third-order valence-electron chi connectivity index (χ3n) is 3.85. The van der Waals surface area contributed by atoms with Gasteiger partial charge >= 0.3 is 0 Å². The Kier molecular flexibility index (Phi) is 3.65. The molecule has 2 aromatic carbocycles. The van der Waals surface area contributed by atoms with Crippen molar-refractivity contribution < 1.29 is 13.9 Å². The Bertz CT molecular complexity index is 687. The molecule has 108 valence electrons. The number of hydrogen-bond donors (Lipinski definition) is 0. The highest BCUT2D eigenvalue weighted by Crippen LogP contribution is 2.38. The lowest BCUT2D eigenvalue weighted by molar-refractivity contribution is 0.414. The van der Waals surface area contributed by atoms with E-state index in [0.29, 0.717) is 18.4 Å². The third kappa shape index (κ3) is 2.51. The molecule has 1 aliphatic carbocycles. The molecule has 3 heteroatoms. The number of fused-ring (bicyclic) bond motifs is 1. The molecule has 2 nitrogen and oxygen atoms in total. The Morgan fingerprint density at radius 1 is 0.857 bits per heavy atom. The summed E-state index contributed by atoms with van der Waals surface area (Å²) in [5.74, 6) is 1.52. The summed E-state index contributed by atoms with van der Waals surface area (Å²) in [4.78, 5) is 0. The van der Waals surface area contributed by atoms with E-state index in [1.54, 1.807) is 14.2 Å². The van der Waals surface area contributed by atoms with Crippen molar-refractivity contribution in [2.45, 2.75) is 12.8 Å². The molecule has 0 aromatic heterocycles. The smallest absolute Gasteiger partial charge is 0.119 e. The van der Waals surface area contributed by atoms with Crippen LogP contribution in [0.2, 0.25) is 0 Å². The maximum absolute atomic E-state index is 14.4. The molecule has 0 unspecified atom stereocenters. The third-order valence-corrected chi connectivity index (χ3v) is 3.85. The van der Waals surface area contributed by atoms with E-state index in [1.165, 1.54) is 0 Å². The van der Waals surface area contributed by atoms with Crippen LogP contribution in [0.4, 0.5) is 4.39 Å². The fraction of sp³-hybridized carbons (Fsp3) is 0.222. The first-order valence-corrected chi connectivity index (χ1v) is 6.93. The van der Waals surface area contributed by atoms with Crippen molar-refractivity contribution in [1.82, 2.24) is 0 Å². The quantitative estimate of drug-likeness (QED) is 0.832. The molecular weight excluding hydrogens is 267 g/mol. The topological polar surface area (TPSA) is 18.5 Å². The van der Waals surface area contributed by atoms with Gasteiger partial charge in [0, 0.05) is 12.0 Å². The SMILES string of the molecule is COc1ccc(C2=C(F)CCc3cc(OC)ccc32)cc1. The number of ether oxygens (including phenoxy) is 2. The van der Waals surface area contributed by atoms with Gasteiger partial charge in [-0.3, -0.25) is 0 Å². The fourth-order valence-electron chi connectivity index (χ4n) is 2.73. The Balaban J connectivity index is 2.08. The standard InChI is InChI=1S/C18H17FO2/c1-20-14-6-3-12(4-7-14)18-16-9-8-15(21-2)11-13(16)5-10-17(18)19/h3-4,6-9,11H,5,10H2,1-2H3. The van der Waals surface area contributed by atoms with E-state index >= 15 is 0 Å². The predicted molar refractivity (Wildman–Crippen MR) is 81.4 cm³/mol. The average molecular weight is 284 g/mol. The van der Waals surface area contributed by atoms with Crippen LogP contribution in [0.25, 0.3) is 5.57 Å². The zero-order valence-electron chi connectivity index (χ0n) is 12.2. The molecule has 0 saturated carbocycles. The van der Waals surface area contributed by atoms with Crippen LogP contribution in [-0.4, -0.2) is 14.2 Å². The van der Waals surface area contributed by atoms with Gasteiger partial charge in [-0.05, 0) is 47.4 Å². The van der Waals surface area contributed by atoms with Gasteiger partial charge in [-0.1, -0.05) is 18.2 Å². The van der Waals surface area contributed by atoms with Crippen molar-refractivity contribution in [3.8, 4) is 11.5 Å². The first kappa shape index (κ1) is 13.7. The van der Waals surface area contributed by atoms with Gasteiger partial charge in [-0.25, -0.2) is 4.39 Å². The average Bonchev–Trinajstić information content (AvgIpc) is 2.54. The van der Waals surface area contributed by atoms with Gasteiger partial charge < -0.3 is 9.47 Å². The van der Waals surface area contributed by atoms with Gasteiger partial charge in [0.1, 0.15) is 17.3 Å². The maximum atomic E-state index is 14.4. The van der Waals surface area contributed by atoms with Gasteiger partial charge in [0.15, 0.2) is 0 Å². The summed E-state index contributed by atoms with van der Waals surface area (Å²) in [6, 6.07) is 13.3. The van der Waals surface area contributed by atoms with Crippen LogP contribution < -0.4 is 9.47 Å². The minimum atomic E-state index is -0.0576. The second-order valence-electron chi connectivity index (χ2n) is 5.03. The first-order valence-electron chi connectivity index (χ1n) is 6.93. The monoisotopic (exact) mass is 284 g/mol. The molecule has 0 fully saturated rings. The van der Waals surface area contributed by atoms with E-state index in [9.17, 15) is 4.39 Å². The highest BCUT2D eigenvalue weighted by atomic mass is 19.1. The largest absolute Gasteiger partial charge is 0.497 e. The second-order valence-corrected chi connectivity index (χ2v) is 5.03. The van der Waals surface area contributed by atoms with E-state index in [1.807, 2.05) is 42.5 Å². The second kappa shape index (κ2) is 5.60. The van der Waals surface area contributed by atoms with Crippen molar-refractivity contribution in [2.24, 2.45) is 0 Å². The normalized spacial score (nSPS) is 13.9. The molecule has 1 aliphatic rings. The fourth-order valence-corrected chi connectivity index (χ4v) is 2.73. The molecule has 0 N–H and O–H groups in total. The predicted octanol–water partition coefficient (Wildman–Crippen LogP) is 4.38. The molecule has 0 radical (unpaired) electrons. The Labute approximate surface area is 123 Å².